The molecule has 0 atom stereocenters. The van der Waals surface area contributed by atoms with Crippen molar-refractivity contribution in [3.63, 3.8) is 0 Å². The number of rotatable bonds is 1. The second-order valence-electron chi connectivity index (χ2n) is 5.27. The molecule has 0 radical (unpaired) electrons. The molecule has 4 aromatic rings. The first-order valence-corrected chi connectivity index (χ1v) is 7.95. The van der Waals surface area contributed by atoms with E-state index in [-0.39, 0.29) is 0 Å². The first-order valence-electron chi connectivity index (χ1n) is 7.95. The maximum Gasteiger partial charge on any atom is 0.489 e. The number of fused-ring (bicyclic) bond motifs is 5. The normalized spacial score (nSPS) is 10.6. The van der Waals surface area contributed by atoms with E-state index in [1.165, 1.54) is 10.8 Å². The van der Waals surface area contributed by atoms with Crippen LogP contribution in [0.3, 0.4) is 0 Å². The fourth-order valence-corrected chi connectivity index (χ4v) is 3.12. The second kappa shape index (κ2) is 6.41. The van der Waals surface area contributed by atoms with Crippen molar-refractivity contribution >= 4 is 44.9 Å². The summed E-state index contributed by atoms with van der Waals surface area (Å²) < 4.78 is 0. The molecule has 0 aliphatic carbocycles. The van der Waals surface area contributed by atoms with Gasteiger partial charge in [-0.05, 0) is 37.8 Å². The van der Waals surface area contributed by atoms with Gasteiger partial charge in [-0.15, -0.1) is 0 Å². The van der Waals surface area contributed by atoms with Crippen LogP contribution in [0.25, 0.3) is 32.3 Å². The lowest BCUT2D eigenvalue weighted by molar-refractivity contribution is 0.426. The third-order valence-corrected chi connectivity index (χ3v) is 4.06. The summed E-state index contributed by atoms with van der Waals surface area (Å²) in [6, 6.07) is 22.1. The summed E-state index contributed by atoms with van der Waals surface area (Å²) in [4.78, 5) is 0. The van der Waals surface area contributed by atoms with Gasteiger partial charge in [-0.3, -0.25) is 0 Å². The number of hydrogen-bond donors (Lipinski definition) is 2. The third-order valence-electron chi connectivity index (χ3n) is 4.06. The van der Waals surface area contributed by atoms with Gasteiger partial charge in [-0.25, -0.2) is 0 Å². The van der Waals surface area contributed by atoms with E-state index in [4.69, 9.17) is 0 Å². The Bertz CT molecular complexity index is 977. The van der Waals surface area contributed by atoms with Crippen LogP contribution in [-0.4, -0.2) is 17.2 Å². The largest absolute Gasteiger partial charge is 0.489 e. The first-order chi connectivity index (χ1) is 11.3. The maximum absolute atomic E-state index is 9.65. The molecule has 0 saturated heterocycles. The van der Waals surface area contributed by atoms with Crippen LogP contribution in [0.4, 0.5) is 0 Å². The van der Waals surface area contributed by atoms with Crippen molar-refractivity contribution in [1.82, 2.24) is 0 Å². The highest BCUT2D eigenvalue weighted by molar-refractivity contribution is 6.62. The summed E-state index contributed by atoms with van der Waals surface area (Å²) in [5.74, 6) is 0. The van der Waals surface area contributed by atoms with Gasteiger partial charge in [0.1, 0.15) is 0 Å². The van der Waals surface area contributed by atoms with Gasteiger partial charge in [-0.2, -0.15) is 0 Å². The van der Waals surface area contributed by atoms with Crippen molar-refractivity contribution in [2.75, 3.05) is 0 Å². The van der Waals surface area contributed by atoms with Gasteiger partial charge in [-0.1, -0.05) is 80.6 Å². The van der Waals surface area contributed by atoms with Crippen LogP contribution in [0, 0.1) is 0 Å². The monoisotopic (exact) mass is 302 g/mol. The molecule has 3 heteroatoms. The third kappa shape index (κ3) is 2.58. The van der Waals surface area contributed by atoms with Gasteiger partial charge in [0.05, 0.1) is 0 Å². The molecule has 0 heterocycles. The lowest BCUT2D eigenvalue weighted by Gasteiger charge is -2.12. The van der Waals surface area contributed by atoms with Crippen molar-refractivity contribution in [3.8, 4) is 0 Å². The SMILES string of the molecule is CC.OB(O)c1cc2ccc3ccccc3c2c2ccccc12. The minimum absolute atomic E-state index is 0.549. The minimum atomic E-state index is -1.47. The van der Waals surface area contributed by atoms with E-state index >= 15 is 0 Å². The highest BCUT2D eigenvalue weighted by atomic mass is 16.4. The van der Waals surface area contributed by atoms with Gasteiger partial charge in [0.2, 0.25) is 0 Å². The van der Waals surface area contributed by atoms with Crippen molar-refractivity contribution in [3.05, 3.63) is 66.7 Å². The lowest BCUT2D eigenvalue weighted by Crippen LogP contribution is -2.30. The average Bonchev–Trinajstić information content (AvgIpc) is 2.62. The summed E-state index contributed by atoms with van der Waals surface area (Å²) in [6.45, 7) is 4.00. The Hall–Kier alpha value is -2.36. The van der Waals surface area contributed by atoms with Crippen molar-refractivity contribution in [2.45, 2.75) is 13.8 Å². The van der Waals surface area contributed by atoms with Crippen molar-refractivity contribution < 1.29 is 10.0 Å². The van der Waals surface area contributed by atoms with Gasteiger partial charge >= 0.3 is 7.12 Å². The molecule has 0 fully saturated rings. The Labute approximate surface area is 136 Å². The molecule has 0 bridgehead atoms. The van der Waals surface area contributed by atoms with E-state index in [0.717, 1.165) is 21.5 Å². The zero-order valence-electron chi connectivity index (χ0n) is 13.3. The zero-order chi connectivity index (χ0) is 16.4. The molecule has 2 nitrogen and oxygen atoms in total. The zero-order valence-corrected chi connectivity index (χ0v) is 13.3. The fraction of sp³-hybridized carbons (Fsp3) is 0.100. The second-order valence-corrected chi connectivity index (χ2v) is 5.27. The molecular formula is C20H19BO2. The minimum Gasteiger partial charge on any atom is -0.423 e. The molecule has 0 aliphatic rings. The summed E-state index contributed by atoms with van der Waals surface area (Å²) in [5.41, 5.74) is 0.549. The maximum atomic E-state index is 9.65. The molecule has 0 aliphatic heterocycles. The van der Waals surface area contributed by atoms with Gasteiger partial charge in [0.25, 0.3) is 0 Å². The Morgan fingerprint density at radius 3 is 1.91 bits per heavy atom. The van der Waals surface area contributed by atoms with E-state index < -0.39 is 7.12 Å². The van der Waals surface area contributed by atoms with E-state index in [1.807, 2.05) is 62.4 Å². The fourth-order valence-electron chi connectivity index (χ4n) is 3.12. The predicted molar refractivity (Wildman–Crippen MR) is 100 cm³/mol. The molecule has 0 amide bonds. The highest BCUT2D eigenvalue weighted by Crippen LogP contribution is 2.31. The molecule has 4 rings (SSSR count). The van der Waals surface area contributed by atoms with Crippen molar-refractivity contribution in [2.24, 2.45) is 0 Å². The Kier molecular flexibility index (Phi) is 4.33. The van der Waals surface area contributed by atoms with Gasteiger partial charge in [0.15, 0.2) is 0 Å². The summed E-state index contributed by atoms with van der Waals surface area (Å²) >= 11 is 0. The van der Waals surface area contributed by atoms with Crippen LogP contribution in [0.15, 0.2) is 66.7 Å². The van der Waals surface area contributed by atoms with E-state index in [1.54, 1.807) is 0 Å². The van der Waals surface area contributed by atoms with Gasteiger partial charge in [0, 0.05) is 0 Å². The number of benzene rings is 4. The van der Waals surface area contributed by atoms with E-state index in [2.05, 4.69) is 18.2 Å². The van der Waals surface area contributed by atoms with Crippen LogP contribution >= 0.6 is 0 Å². The molecule has 4 aromatic carbocycles. The Morgan fingerprint density at radius 2 is 1.22 bits per heavy atom. The van der Waals surface area contributed by atoms with Crippen LogP contribution in [0.1, 0.15) is 13.8 Å². The Morgan fingerprint density at radius 1 is 0.652 bits per heavy atom. The van der Waals surface area contributed by atoms with Crippen LogP contribution in [0.5, 0.6) is 0 Å². The van der Waals surface area contributed by atoms with E-state index in [9.17, 15) is 10.0 Å². The molecule has 0 saturated carbocycles. The lowest BCUT2D eigenvalue weighted by atomic mass is 9.75. The van der Waals surface area contributed by atoms with Crippen LogP contribution in [-0.2, 0) is 0 Å². The summed E-state index contributed by atoms with van der Waals surface area (Å²) in [6.07, 6.45) is 0. The van der Waals surface area contributed by atoms with Crippen molar-refractivity contribution in [1.29, 1.82) is 0 Å². The topological polar surface area (TPSA) is 40.5 Å². The molecule has 0 spiro atoms. The molecule has 0 unspecified atom stereocenters. The summed E-state index contributed by atoms with van der Waals surface area (Å²) in [5, 5.41) is 25.8. The smallest absolute Gasteiger partial charge is 0.423 e. The molecule has 23 heavy (non-hydrogen) atoms. The van der Waals surface area contributed by atoms with Crippen LogP contribution in [0.2, 0.25) is 0 Å². The first kappa shape index (κ1) is 15.5. The molecular weight excluding hydrogens is 283 g/mol. The molecule has 2 N–H and O–H groups in total. The van der Waals surface area contributed by atoms with E-state index in [0.29, 0.717) is 5.46 Å². The number of hydrogen-bond acceptors (Lipinski definition) is 2. The van der Waals surface area contributed by atoms with Gasteiger partial charge < -0.3 is 10.0 Å². The summed E-state index contributed by atoms with van der Waals surface area (Å²) in [7, 11) is -1.47. The molecule has 114 valence electrons. The average molecular weight is 302 g/mol. The highest BCUT2D eigenvalue weighted by Gasteiger charge is 2.17. The molecule has 0 aromatic heterocycles. The standard InChI is InChI=1S/C18H13BO2.C2H6/c20-19(21)17-11-13-10-9-12-5-1-2-6-14(12)18(13)16-8-4-3-7-15(16)17;1-2/h1-11,20-21H;1-2H3. The van der Waals surface area contributed by atoms with Crippen LogP contribution < -0.4 is 5.46 Å². The quantitative estimate of drug-likeness (QED) is 0.414. The Balaban J connectivity index is 0.000000753. The predicted octanol–water partition coefficient (Wildman–Crippen LogP) is 3.85.